The molecule has 0 bridgehead atoms. The predicted molar refractivity (Wildman–Crippen MR) is 71.4 cm³/mol. The summed E-state index contributed by atoms with van der Waals surface area (Å²) in [4.78, 5) is 2.34. The van der Waals surface area contributed by atoms with Gasteiger partial charge in [0.2, 0.25) is 0 Å². The van der Waals surface area contributed by atoms with Crippen LogP contribution in [0.2, 0.25) is 0 Å². The van der Waals surface area contributed by atoms with Crippen molar-refractivity contribution in [3.8, 4) is 6.07 Å². The van der Waals surface area contributed by atoms with E-state index in [2.05, 4.69) is 40.6 Å². The number of nitrogens with one attached hydrogen (secondary N) is 1. The van der Waals surface area contributed by atoms with Gasteiger partial charge in [-0.05, 0) is 17.7 Å². The van der Waals surface area contributed by atoms with E-state index in [4.69, 9.17) is 10.00 Å². The van der Waals surface area contributed by atoms with Gasteiger partial charge >= 0.3 is 0 Å². The smallest absolute Gasteiger partial charge is 0.0642 e. The Kier molecular flexibility index (Phi) is 5.00. The fraction of sp³-hybridized carbons (Fsp3) is 0.500. The summed E-state index contributed by atoms with van der Waals surface area (Å²) in [5, 5.41) is 11.7. The summed E-state index contributed by atoms with van der Waals surface area (Å²) in [5.41, 5.74) is 2.52. The van der Waals surface area contributed by atoms with Gasteiger partial charge in [0.25, 0.3) is 0 Å². The minimum Gasteiger partial charge on any atom is -0.378 e. The molecular formula is C14H19N3O. The molecule has 1 aliphatic rings. The molecule has 1 aromatic rings. The maximum Gasteiger partial charge on any atom is 0.0642 e. The van der Waals surface area contributed by atoms with E-state index in [0.29, 0.717) is 6.42 Å². The summed E-state index contributed by atoms with van der Waals surface area (Å²) in [7, 11) is 0. The lowest BCUT2D eigenvalue weighted by molar-refractivity contribution is 0.122. The first-order chi connectivity index (χ1) is 8.90. The van der Waals surface area contributed by atoms with Gasteiger partial charge in [0.05, 0.1) is 19.3 Å². The molecule has 1 N–H and O–H groups in total. The summed E-state index contributed by atoms with van der Waals surface area (Å²) in [6.07, 6.45) is 0.561. The Morgan fingerprint density at radius 1 is 1.22 bits per heavy atom. The number of ether oxygens (including phenoxy) is 1. The number of hydrogen-bond donors (Lipinski definition) is 1. The normalized spacial score (nSPS) is 15.4. The summed E-state index contributed by atoms with van der Waals surface area (Å²) < 4.78 is 5.34. The summed E-state index contributed by atoms with van der Waals surface area (Å²) in [5.74, 6) is 0. The van der Waals surface area contributed by atoms with E-state index in [9.17, 15) is 0 Å². The molecule has 1 aliphatic heterocycles. The van der Waals surface area contributed by atoms with Crippen LogP contribution in [0.4, 0.5) is 5.69 Å². The second-order valence-electron chi connectivity index (χ2n) is 4.35. The van der Waals surface area contributed by atoms with Gasteiger partial charge in [0.15, 0.2) is 0 Å². The van der Waals surface area contributed by atoms with Gasteiger partial charge in [-0.2, -0.15) is 5.26 Å². The Bertz CT molecular complexity index is 390. The second-order valence-corrected chi connectivity index (χ2v) is 4.35. The maximum absolute atomic E-state index is 8.44. The summed E-state index contributed by atoms with van der Waals surface area (Å²) >= 11 is 0. The molecule has 0 amide bonds. The molecule has 0 spiro atoms. The highest BCUT2D eigenvalue weighted by molar-refractivity contribution is 5.47. The number of anilines is 1. The van der Waals surface area contributed by atoms with Crippen LogP contribution in [0.1, 0.15) is 12.0 Å². The van der Waals surface area contributed by atoms with Gasteiger partial charge in [-0.15, -0.1) is 0 Å². The first kappa shape index (κ1) is 12.9. The van der Waals surface area contributed by atoms with Gasteiger partial charge in [0, 0.05) is 38.3 Å². The van der Waals surface area contributed by atoms with Crippen LogP contribution in [0, 0.1) is 11.3 Å². The van der Waals surface area contributed by atoms with E-state index in [0.717, 1.165) is 39.4 Å². The number of benzene rings is 1. The van der Waals surface area contributed by atoms with Crippen molar-refractivity contribution >= 4 is 5.69 Å². The molecule has 0 aliphatic carbocycles. The summed E-state index contributed by atoms with van der Waals surface area (Å²) in [6.45, 7) is 5.15. The Balaban J connectivity index is 1.83. The highest BCUT2D eigenvalue weighted by atomic mass is 16.5. The van der Waals surface area contributed by atoms with Crippen molar-refractivity contribution in [2.75, 3.05) is 37.7 Å². The third-order valence-corrected chi connectivity index (χ3v) is 3.06. The summed E-state index contributed by atoms with van der Waals surface area (Å²) in [6, 6.07) is 10.7. The van der Waals surface area contributed by atoms with Crippen molar-refractivity contribution in [2.45, 2.75) is 13.0 Å². The zero-order valence-corrected chi connectivity index (χ0v) is 10.6. The largest absolute Gasteiger partial charge is 0.378 e. The van der Waals surface area contributed by atoms with Crippen LogP contribution in [0.15, 0.2) is 24.3 Å². The van der Waals surface area contributed by atoms with Crippen LogP contribution in [-0.2, 0) is 11.3 Å². The van der Waals surface area contributed by atoms with E-state index < -0.39 is 0 Å². The molecule has 1 heterocycles. The van der Waals surface area contributed by atoms with Crippen molar-refractivity contribution in [3.63, 3.8) is 0 Å². The van der Waals surface area contributed by atoms with E-state index in [-0.39, 0.29) is 0 Å². The van der Waals surface area contributed by atoms with Crippen LogP contribution < -0.4 is 10.2 Å². The first-order valence-corrected chi connectivity index (χ1v) is 6.39. The van der Waals surface area contributed by atoms with Crippen LogP contribution in [0.5, 0.6) is 0 Å². The third-order valence-electron chi connectivity index (χ3n) is 3.06. The lowest BCUT2D eigenvalue weighted by Crippen LogP contribution is -2.36. The Labute approximate surface area is 108 Å². The third kappa shape index (κ3) is 3.73. The zero-order chi connectivity index (χ0) is 12.6. The Morgan fingerprint density at radius 3 is 2.61 bits per heavy atom. The van der Waals surface area contributed by atoms with E-state index in [1.807, 2.05) is 0 Å². The minimum atomic E-state index is 0.561. The van der Waals surface area contributed by atoms with Crippen molar-refractivity contribution in [1.82, 2.24) is 5.32 Å². The molecule has 96 valence electrons. The molecule has 1 saturated heterocycles. The highest BCUT2D eigenvalue weighted by Crippen LogP contribution is 2.16. The van der Waals surface area contributed by atoms with E-state index in [1.54, 1.807) is 0 Å². The van der Waals surface area contributed by atoms with Gasteiger partial charge in [-0.3, -0.25) is 0 Å². The molecule has 18 heavy (non-hydrogen) atoms. The Morgan fingerprint density at radius 2 is 1.94 bits per heavy atom. The SMILES string of the molecule is N#CCCNCc1ccc(N2CCOCC2)cc1. The molecule has 4 heteroatoms. The van der Waals surface area contributed by atoms with Crippen molar-refractivity contribution in [2.24, 2.45) is 0 Å². The molecular weight excluding hydrogens is 226 g/mol. The van der Waals surface area contributed by atoms with Crippen molar-refractivity contribution < 1.29 is 4.74 Å². The zero-order valence-electron chi connectivity index (χ0n) is 10.6. The molecule has 0 unspecified atom stereocenters. The molecule has 1 fully saturated rings. The maximum atomic E-state index is 8.44. The second kappa shape index (κ2) is 7.00. The van der Waals surface area contributed by atoms with Crippen LogP contribution in [0.25, 0.3) is 0 Å². The topological polar surface area (TPSA) is 48.3 Å². The monoisotopic (exact) mass is 245 g/mol. The average Bonchev–Trinajstić information content (AvgIpc) is 2.45. The standard InChI is InChI=1S/C14H19N3O/c15-6-1-7-16-12-13-2-4-14(5-3-13)17-8-10-18-11-9-17/h2-5,16H,1,7-12H2. The van der Waals surface area contributed by atoms with E-state index >= 15 is 0 Å². The molecule has 2 rings (SSSR count). The van der Waals surface area contributed by atoms with Crippen LogP contribution >= 0.6 is 0 Å². The van der Waals surface area contributed by atoms with Crippen LogP contribution in [-0.4, -0.2) is 32.8 Å². The lowest BCUT2D eigenvalue weighted by Gasteiger charge is -2.28. The van der Waals surface area contributed by atoms with Gasteiger partial charge in [-0.1, -0.05) is 12.1 Å². The van der Waals surface area contributed by atoms with Gasteiger partial charge in [0.1, 0.15) is 0 Å². The van der Waals surface area contributed by atoms with E-state index in [1.165, 1.54) is 11.3 Å². The average molecular weight is 245 g/mol. The van der Waals surface area contributed by atoms with Crippen molar-refractivity contribution in [1.29, 1.82) is 5.26 Å². The quantitative estimate of drug-likeness (QED) is 0.799. The van der Waals surface area contributed by atoms with Crippen molar-refractivity contribution in [3.05, 3.63) is 29.8 Å². The molecule has 1 aromatic carbocycles. The number of rotatable bonds is 5. The Hall–Kier alpha value is -1.57. The fourth-order valence-electron chi connectivity index (χ4n) is 2.02. The van der Waals surface area contributed by atoms with Crippen LogP contribution in [0.3, 0.4) is 0 Å². The minimum absolute atomic E-state index is 0.561. The molecule has 4 nitrogen and oxygen atoms in total. The number of nitrogens with zero attached hydrogens (tertiary/aromatic N) is 2. The fourth-order valence-corrected chi connectivity index (χ4v) is 2.02. The molecule has 0 aromatic heterocycles. The lowest BCUT2D eigenvalue weighted by atomic mass is 10.2. The van der Waals surface area contributed by atoms with Gasteiger partial charge in [-0.25, -0.2) is 0 Å². The highest BCUT2D eigenvalue weighted by Gasteiger charge is 2.10. The molecule has 0 radical (unpaired) electrons. The number of hydrogen-bond acceptors (Lipinski definition) is 4. The molecule has 0 atom stereocenters. The number of nitriles is 1. The molecule has 0 saturated carbocycles. The predicted octanol–water partition coefficient (Wildman–Crippen LogP) is 1.53. The number of morpholine rings is 1. The van der Waals surface area contributed by atoms with Gasteiger partial charge < -0.3 is 15.0 Å². The first-order valence-electron chi connectivity index (χ1n) is 6.39.